The van der Waals surface area contributed by atoms with Crippen molar-refractivity contribution in [3.05, 3.63) is 29.8 Å². The Morgan fingerprint density at radius 1 is 1.26 bits per heavy atom. The molecule has 0 amide bonds. The molecule has 0 fully saturated rings. The topological polar surface area (TPSA) is 83.6 Å². The summed E-state index contributed by atoms with van der Waals surface area (Å²) in [6.45, 7) is 3.77. The van der Waals surface area contributed by atoms with E-state index in [0.29, 0.717) is 6.42 Å². The van der Waals surface area contributed by atoms with Crippen molar-refractivity contribution in [2.24, 2.45) is 5.73 Å². The minimum atomic E-state index is -3.50. The van der Waals surface area contributed by atoms with Crippen LogP contribution in [0, 0.1) is 0 Å². The van der Waals surface area contributed by atoms with Gasteiger partial charge in [-0.15, -0.1) is 0 Å². The Kier molecular flexibility index (Phi) is 5.49. The summed E-state index contributed by atoms with van der Waals surface area (Å²) in [5.74, 6) is 0. The largest absolute Gasteiger partial charge is 0.393 e. The highest BCUT2D eigenvalue weighted by molar-refractivity contribution is 7.89. The van der Waals surface area contributed by atoms with E-state index >= 15 is 0 Å². The van der Waals surface area contributed by atoms with Crippen LogP contribution in [0.15, 0.2) is 29.2 Å². The van der Waals surface area contributed by atoms with Gasteiger partial charge in [-0.3, -0.25) is 0 Å². The fourth-order valence-electron chi connectivity index (χ4n) is 1.61. The average molecular weight is 286 g/mol. The van der Waals surface area contributed by atoms with E-state index in [1.54, 1.807) is 31.2 Å². The zero-order valence-corrected chi connectivity index (χ0v) is 12.4. The lowest BCUT2D eigenvalue weighted by Crippen LogP contribution is -2.29. The maximum absolute atomic E-state index is 12.2. The number of hydrogen-bond donors (Lipinski definition) is 2. The van der Waals surface area contributed by atoms with E-state index in [-0.39, 0.29) is 17.5 Å². The molecule has 3 N–H and O–H groups in total. The quantitative estimate of drug-likeness (QED) is 0.820. The van der Waals surface area contributed by atoms with Gasteiger partial charge in [0.25, 0.3) is 0 Å². The number of nitrogens with zero attached hydrogens (tertiary/aromatic N) is 1. The second-order valence-electron chi connectivity index (χ2n) is 4.82. The van der Waals surface area contributed by atoms with Crippen molar-refractivity contribution in [2.45, 2.75) is 37.3 Å². The Balaban J connectivity index is 2.87. The standard InChI is InChI=1S/C13H22N2O3S/c1-10(16)8-9-15(3)19(17,18)13-6-4-12(5-7-13)11(2)14/h4-7,10-11,16H,8-9,14H2,1-3H3. The van der Waals surface area contributed by atoms with Gasteiger partial charge in [0.2, 0.25) is 10.0 Å². The van der Waals surface area contributed by atoms with Gasteiger partial charge in [0, 0.05) is 19.6 Å². The highest BCUT2D eigenvalue weighted by Crippen LogP contribution is 2.18. The van der Waals surface area contributed by atoms with Crippen molar-refractivity contribution in [3.63, 3.8) is 0 Å². The number of aliphatic hydroxyl groups is 1. The van der Waals surface area contributed by atoms with E-state index < -0.39 is 16.1 Å². The zero-order chi connectivity index (χ0) is 14.6. The molecule has 2 unspecified atom stereocenters. The van der Waals surface area contributed by atoms with E-state index in [9.17, 15) is 13.5 Å². The van der Waals surface area contributed by atoms with Crippen LogP contribution in [0.5, 0.6) is 0 Å². The summed E-state index contributed by atoms with van der Waals surface area (Å²) in [5.41, 5.74) is 6.62. The smallest absolute Gasteiger partial charge is 0.242 e. The Morgan fingerprint density at radius 2 is 1.79 bits per heavy atom. The van der Waals surface area contributed by atoms with Crippen LogP contribution in [0.3, 0.4) is 0 Å². The van der Waals surface area contributed by atoms with Crippen LogP contribution in [0.1, 0.15) is 31.9 Å². The number of hydrogen-bond acceptors (Lipinski definition) is 4. The Bertz CT molecular complexity index is 495. The predicted octanol–water partition coefficient (Wildman–Crippen LogP) is 1.10. The summed E-state index contributed by atoms with van der Waals surface area (Å²) >= 11 is 0. The lowest BCUT2D eigenvalue weighted by molar-refractivity contribution is 0.177. The van der Waals surface area contributed by atoms with Crippen LogP contribution >= 0.6 is 0 Å². The molecule has 1 rings (SSSR count). The van der Waals surface area contributed by atoms with Crippen molar-refractivity contribution in [2.75, 3.05) is 13.6 Å². The molecule has 0 aliphatic carbocycles. The molecular weight excluding hydrogens is 264 g/mol. The molecule has 0 radical (unpaired) electrons. The van der Waals surface area contributed by atoms with Crippen molar-refractivity contribution >= 4 is 10.0 Å². The van der Waals surface area contributed by atoms with Crippen LogP contribution in [-0.4, -0.2) is 37.5 Å². The number of benzene rings is 1. The van der Waals surface area contributed by atoms with Gasteiger partial charge in [-0.2, -0.15) is 0 Å². The van der Waals surface area contributed by atoms with Gasteiger partial charge in [0.15, 0.2) is 0 Å². The molecule has 6 heteroatoms. The molecule has 0 saturated heterocycles. The van der Waals surface area contributed by atoms with Crippen LogP contribution in [0.25, 0.3) is 0 Å². The van der Waals surface area contributed by atoms with E-state index in [0.717, 1.165) is 5.56 Å². The van der Waals surface area contributed by atoms with Gasteiger partial charge in [-0.25, -0.2) is 12.7 Å². The first-order chi connectivity index (χ1) is 8.75. The molecule has 19 heavy (non-hydrogen) atoms. The third-order valence-corrected chi connectivity index (χ3v) is 4.85. The molecule has 5 nitrogen and oxygen atoms in total. The molecule has 0 aromatic heterocycles. The van der Waals surface area contributed by atoms with Gasteiger partial charge in [-0.05, 0) is 38.0 Å². The van der Waals surface area contributed by atoms with E-state index in [4.69, 9.17) is 5.73 Å². The molecule has 0 aliphatic rings. The van der Waals surface area contributed by atoms with E-state index in [1.165, 1.54) is 11.4 Å². The van der Waals surface area contributed by atoms with Gasteiger partial charge in [0.05, 0.1) is 11.0 Å². The minimum absolute atomic E-state index is 0.121. The number of rotatable bonds is 6. The summed E-state index contributed by atoms with van der Waals surface area (Å²) in [7, 11) is -1.98. The van der Waals surface area contributed by atoms with Crippen molar-refractivity contribution in [1.29, 1.82) is 0 Å². The van der Waals surface area contributed by atoms with Crippen molar-refractivity contribution in [3.8, 4) is 0 Å². The summed E-state index contributed by atoms with van der Waals surface area (Å²) in [5, 5.41) is 9.20. The predicted molar refractivity (Wildman–Crippen MR) is 75.2 cm³/mol. The fourth-order valence-corrected chi connectivity index (χ4v) is 2.80. The van der Waals surface area contributed by atoms with Crippen LogP contribution < -0.4 is 5.73 Å². The molecule has 108 valence electrons. The Hall–Kier alpha value is -0.950. The minimum Gasteiger partial charge on any atom is -0.393 e. The van der Waals surface area contributed by atoms with Crippen molar-refractivity contribution in [1.82, 2.24) is 4.31 Å². The van der Waals surface area contributed by atoms with Gasteiger partial charge in [-0.1, -0.05) is 12.1 Å². The monoisotopic (exact) mass is 286 g/mol. The average Bonchev–Trinajstić information content (AvgIpc) is 2.35. The fraction of sp³-hybridized carbons (Fsp3) is 0.538. The zero-order valence-electron chi connectivity index (χ0n) is 11.6. The first-order valence-corrected chi connectivity index (χ1v) is 7.69. The van der Waals surface area contributed by atoms with Crippen molar-refractivity contribution < 1.29 is 13.5 Å². The van der Waals surface area contributed by atoms with Crippen LogP contribution in [0.2, 0.25) is 0 Å². The summed E-state index contributed by atoms with van der Waals surface area (Å²) < 4.78 is 25.7. The Morgan fingerprint density at radius 3 is 2.21 bits per heavy atom. The second-order valence-corrected chi connectivity index (χ2v) is 6.87. The van der Waals surface area contributed by atoms with E-state index in [2.05, 4.69) is 0 Å². The SMILES string of the molecule is CC(O)CCN(C)S(=O)(=O)c1ccc(C(C)N)cc1. The maximum atomic E-state index is 12.2. The highest BCUT2D eigenvalue weighted by atomic mass is 32.2. The number of nitrogens with two attached hydrogens (primary N) is 1. The molecule has 0 aliphatic heterocycles. The molecular formula is C13H22N2O3S. The van der Waals surface area contributed by atoms with Crippen LogP contribution in [0.4, 0.5) is 0 Å². The normalized spacial score (nSPS) is 15.5. The number of aliphatic hydroxyl groups excluding tert-OH is 1. The molecule has 0 spiro atoms. The van der Waals surface area contributed by atoms with Gasteiger partial charge < -0.3 is 10.8 Å². The molecule has 0 saturated carbocycles. The summed E-state index contributed by atoms with van der Waals surface area (Å²) in [6, 6.07) is 6.45. The van der Waals surface area contributed by atoms with Gasteiger partial charge in [0.1, 0.15) is 0 Å². The third-order valence-electron chi connectivity index (χ3n) is 2.98. The molecule has 0 bridgehead atoms. The molecule has 0 heterocycles. The molecule has 1 aromatic rings. The Labute approximate surface area is 115 Å². The maximum Gasteiger partial charge on any atom is 0.242 e. The van der Waals surface area contributed by atoms with E-state index in [1.807, 2.05) is 6.92 Å². The summed E-state index contributed by atoms with van der Waals surface area (Å²) in [4.78, 5) is 0.241. The number of sulfonamides is 1. The second kappa shape index (κ2) is 6.47. The summed E-state index contributed by atoms with van der Waals surface area (Å²) in [6.07, 6.45) is -0.105. The van der Waals surface area contributed by atoms with Crippen LogP contribution in [-0.2, 0) is 10.0 Å². The lowest BCUT2D eigenvalue weighted by atomic mass is 10.1. The first kappa shape index (κ1) is 16.1. The third kappa shape index (κ3) is 4.28. The lowest BCUT2D eigenvalue weighted by Gasteiger charge is -2.18. The molecule has 1 aromatic carbocycles. The first-order valence-electron chi connectivity index (χ1n) is 6.25. The molecule has 2 atom stereocenters. The van der Waals surface area contributed by atoms with Gasteiger partial charge >= 0.3 is 0 Å². The highest BCUT2D eigenvalue weighted by Gasteiger charge is 2.20.